The van der Waals surface area contributed by atoms with E-state index < -0.39 is 12.2 Å². The third kappa shape index (κ3) is 2.54. The van der Waals surface area contributed by atoms with E-state index in [2.05, 4.69) is 10.3 Å². The molecule has 2 fully saturated rings. The molecular formula is C15H19ClN2O3. The number of halogens is 1. The van der Waals surface area contributed by atoms with Crippen LogP contribution < -0.4 is 5.32 Å². The van der Waals surface area contributed by atoms with Crippen LogP contribution in [0.25, 0.3) is 0 Å². The number of carbonyl (C=O) groups excluding carboxylic acids is 1. The highest BCUT2D eigenvalue weighted by atomic mass is 35.5. The van der Waals surface area contributed by atoms with E-state index >= 15 is 0 Å². The molecule has 0 aromatic carbocycles. The molecule has 0 saturated heterocycles. The van der Waals surface area contributed by atoms with Crippen molar-refractivity contribution in [2.24, 2.45) is 17.8 Å². The Labute approximate surface area is 128 Å². The molecule has 2 aliphatic carbocycles. The van der Waals surface area contributed by atoms with Crippen molar-refractivity contribution in [1.29, 1.82) is 0 Å². The molecule has 0 unspecified atom stereocenters. The zero-order chi connectivity index (χ0) is 15.1. The highest BCUT2D eigenvalue weighted by molar-refractivity contribution is 6.31. The number of nitrogens with zero attached hydrogens (tertiary/aromatic N) is 1. The first-order valence-electron chi connectivity index (χ1n) is 7.24. The first-order valence-corrected chi connectivity index (χ1v) is 7.62. The second-order valence-electron chi connectivity index (χ2n) is 6.11. The van der Waals surface area contributed by atoms with Gasteiger partial charge >= 0.3 is 0 Å². The van der Waals surface area contributed by atoms with Gasteiger partial charge < -0.3 is 15.5 Å². The van der Waals surface area contributed by atoms with Crippen LogP contribution in [0.15, 0.2) is 12.3 Å². The van der Waals surface area contributed by atoms with Crippen molar-refractivity contribution in [1.82, 2.24) is 10.3 Å². The Morgan fingerprint density at radius 2 is 2.19 bits per heavy atom. The van der Waals surface area contributed by atoms with Gasteiger partial charge in [-0.05, 0) is 49.1 Å². The monoisotopic (exact) mass is 310 g/mol. The van der Waals surface area contributed by atoms with Gasteiger partial charge in [-0.3, -0.25) is 9.78 Å². The number of fused-ring (bicyclic) bond motifs is 2. The van der Waals surface area contributed by atoms with Crippen molar-refractivity contribution in [2.75, 3.05) is 6.54 Å². The number of nitrogens with one attached hydrogen (secondary N) is 1. The van der Waals surface area contributed by atoms with Crippen LogP contribution in [-0.4, -0.2) is 39.9 Å². The molecule has 3 rings (SSSR count). The van der Waals surface area contributed by atoms with E-state index in [4.69, 9.17) is 11.6 Å². The first kappa shape index (κ1) is 14.8. The molecule has 6 heteroatoms. The minimum Gasteiger partial charge on any atom is -0.390 e. The molecule has 2 saturated carbocycles. The molecule has 21 heavy (non-hydrogen) atoms. The lowest BCUT2D eigenvalue weighted by atomic mass is 9.85. The Bertz CT molecular complexity index is 564. The number of pyridine rings is 1. The quantitative estimate of drug-likeness (QED) is 0.782. The lowest BCUT2D eigenvalue weighted by Crippen LogP contribution is -2.41. The summed E-state index contributed by atoms with van der Waals surface area (Å²) >= 11 is 5.99. The largest absolute Gasteiger partial charge is 0.390 e. The third-order valence-electron chi connectivity index (χ3n) is 4.94. The highest BCUT2D eigenvalue weighted by Gasteiger charge is 2.51. The number of aromatic nitrogens is 1. The summed E-state index contributed by atoms with van der Waals surface area (Å²) in [7, 11) is 0. The minimum absolute atomic E-state index is 0.0821. The zero-order valence-electron chi connectivity index (χ0n) is 11.8. The minimum atomic E-state index is -0.656. The highest BCUT2D eigenvalue weighted by Crippen LogP contribution is 2.48. The molecule has 0 spiro atoms. The van der Waals surface area contributed by atoms with Gasteiger partial charge in [-0.25, -0.2) is 0 Å². The van der Waals surface area contributed by atoms with Gasteiger partial charge in [0.25, 0.3) is 5.91 Å². The van der Waals surface area contributed by atoms with Gasteiger partial charge in [-0.15, -0.1) is 0 Å². The van der Waals surface area contributed by atoms with E-state index in [1.807, 2.05) is 0 Å². The zero-order valence-corrected chi connectivity index (χ0v) is 12.5. The Morgan fingerprint density at radius 3 is 2.86 bits per heavy atom. The van der Waals surface area contributed by atoms with Crippen LogP contribution in [0.5, 0.6) is 0 Å². The molecule has 1 amide bonds. The standard InChI is InChI=1S/C15H19ClN2O3/c1-7-11(16)2-3-17-12(7)15(21)18-6-9-4-8-5-10(9)14(20)13(8)19/h2-3,8-10,13-14,19-20H,4-6H2,1H3,(H,18,21)/t8-,9-,10-,13+,14-/m0/s1. The number of carbonyl (C=O) groups is 1. The molecule has 5 nitrogen and oxygen atoms in total. The molecule has 1 aromatic heterocycles. The van der Waals surface area contributed by atoms with E-state index in [1.54, 1.807) is 13.0 Å². The molecule has 2 bridgehead atoms. The normalized spacial score (nSPS) is 34.2. The van der Waals surface area contributed by atoms with E-state index in [9.17, 15) is 15.0 Å². The Hall–Kier alpha value is -1.17. The average Bonchev–Trinajstić information content (AvgIpc) is 3.00. The van der Waals surface area contributed by atoms with E-state index in [0.717, 1.165) is 12.8 Å². The summed E-state index contributed by atoms with van der Waals surface area (Å²) in [6.45, 7) is 2.26. The predicted octanol–water partition coefficient (Wildman–Crippen LogP) is 1.15. The first-order chi connectivity index (χ1) is 9.99. The Kier molecular flexibility index (Phi) is 3.90. The van der Waals surface area contributed by atoms with Crippen molar-refractivity contribution in [3.8, 4) is 0 Å². The smallest absolute Gasteiger partial charge is 0.270 e. The molecule has 1 aromatic rings. The van der Waals surface area contributed by atoms with Crippen LogP contribution >= 0.6 is 11.6 Å². The van der Waals surface area contributed by atoms with Gasteiger partial charge in [-0.2, -0.15) is 0 Å². The SMILES string of the molecule is Cc1c(Cl)ccnc1C(=O)NC[C@@H]1C[C@H]2C[C@@H]1[C@H](O)[C@@H]2O. The van der Waals surface area contributed by atoms with E-state index in [0.29, 0.717) is 22.8 Å². The van der Waals surface area contributed by atoms with Gasteiger partial charge in [0.05, 0.1) is 12.2 Å². The molecule has 114 valence electrons. The van der Waals surface area contributed by atoms with E-state index in [-0.39, 0.29) is 23.7 Å². The lowest BCUT2D eigenvalue weighted by molar-refractivity contribution is -0.0332. The predicted molar refractivity (Wildman–Crippen MR) is 78.0 cm³/mol. The maximum Gasteiger partial charge on any atom is 0.270 e. The molecular weight excluding hydrogens is 292 g/mol. The van der Waals surface area contributed by atoms with Crippen molar-refractivity contribution < 1.29 is 15.0 Å². The van der Waals surface area contributed by atoms with Crippen molar-refractivity contribution in [3.05, 3.63) is 28.5 Å². The van der Waals surface area contributed by atoms with Crippen LogP contribution in [0.3, 0.4) is 0 Å². The lowest BCUT2D eigenvalue weighted by Gasteiger charge is -2.29. The van der Waals surface area contributed by atoms with Crippen molar-refractivity contribution >= 4 is 17.5 Å². The molecule has 3 N–H and O–H groups in total. The fourth-order valence-electron chi connectivity index (χ4n) is 3.71. The summed E-state index contributed by atoms with van der Waals surface area (Å²) < 4.78 is 0. The van der Waals surface area contributed by atoms with Gasteiger partial charge in [0.2, 0.25) is 0 Å². The number of rotatable bonds is 3. The fraction of sp³-hybridized carbons (Fsp3) is 0.600. The second-order valence-corrected chi connectivity index (χ2v) is 6.52. The molecule has 0 radical (unpaired) electrons. The number of aliphatic hydroxyl groups is 2. The average molecular weight is 311 g/mol. The number of aliphatic hydroxyl groups excluding tert-OH is 2. The molecule has 1 heterocycles. The van der Waals surface area contributed by atoms with Crippen LogP contribution in [0, 0.1) is 24.7 Å². The maximum absolute atomic E-state index is 12.2. The van der Waals surface area contributed by atoms with Gasteiger partial charge in [0.15, 0.2) is 0 Å². The van der Waals surface area contributed by atoms with Crippen LogP contribution in [0.4, 0.5) is 0 Å². The van der Waals surface area contributed by atoms with Crippen molar-refractivity contribution in [3.63, 3.8) is 0 Å². The summed E-state index contributed by atoms with van der Waals surface area (Å²) in [6.07, 6.45) is 1.96. The summed E-state index contributed by atoms with van der Waals surface area (Å²) in [6, 6.07) is 1.65. The number of amides is 1. The number of hydrogen-bond donors (Lipinski definition) is 3. The Balaban J connectivity index is 1.61. The topological polar surface area (TPSA) is 82.5 Å². The summed E-state index contributed by atoms with van der Waals surface area (Å²) in [5.74, 6) is 0.223. The summed E-state index contributed by atoms with van der Waals surface area (Å²) in [5, 5.41) is 23.1. The third-order valence-corrected chi connectivity index (χ3v) is 5.34. The Morgan fingerprint density at radius 1 is 1.43 bits per heavy atom. The molecule has 0 aliphatic heterocycles. The molecule has 5 atom stereocenters. The second kappa shape index (κ2) is 5.55. The van der Waals surface area contributed by atoms with Gasteiger partial charge in [0.1, 0.15) is 5.69 Å². The summed E-state index contributed by atoms with van der Waals surface area (Å²) in [4.78, 5) is 16.3. The van der Waals surface area contributed by atoms with Gasteiger partial charge in [0, 0.05) is 17.8 Å². The van der Waals surface area contributed by atoms with E-state index in [1.165, 1.54) is 6.20 Å². The fourth-order valence-corrected chi connectivity index (χ4v) is 3.86. The number of hydrogen-bond acceptors (Lipinski definition) is 4. The summed E-state index contributed by atoms with van der Waals surface area (Å²) in [5.41, 5.74) is 1.01. The maximum atomic E-state index is 12.2. The van der Waals surface area contributed by atoms with Crippen LogP contribution in [0.1, 0.15) is 28.9 Å². The molecule has 2 aliphatic rings. The van der Waals surface area contributed by atoms with Crippen LogP contribution in [0.2, 0.25) is 5.02 Å². The van der Waals surface area contributed by atoms with Crippen LogP contribution in [-0.2, 0) is 0 Å². The van der Waals surface area contributed by atoms with Crippen molar-refractivity contribution in [2.45, 2.75) is 32.0 Å². The van der Waals surface area contributed by atoms with Gasteiger partial charge in [-0.1, -0.05) is 11.6 Å².